The van der Waals surface area contributed by atoms with Gasteiger partial charge in [-0.25, -0.2) is 4.99 Å². The van der Waals surface area contributed by atoms with E-state index in [0.29, 0.717) is 33.8 Å². The number of aromatic nitrogens is 1. The van der Waals surface area contributed by atoms with Crippen molar-refractivity contribution in [2.45, 2.75) is 13.6 Å². The molecule has 1 aromatic heterocycles. The summed E-state index contributed by atoms with van der Waals surface area (Å²) in [5.41, 5.74) is 2.02. The van der Waals surface area contributed by atoms with E-state index in [9.17, 15) is 14.7 Å². The van der Waals surface area contributed by atoms with Crippen molar-refractivity contribution in [2.24, 2.45) is 4.99 Å². The Morgan fingerprint density at radius 1 is 1.19 bits per heavy atom. The Bertz CT molecular complexity index is 1190. The van der Waals surface area contributed by atoms with Gasteiger partial charge in [0.25, 0.3) is 5.56 Å². The van der Waals surface area contributed by atoms with E-state index in [1.807, 2.05) is 23.1 Å². The Kier molecular flexibility index (Phi) is 4.37. The first-order valence-electron chi connectivity index (χ1n) is 8.43. The third kappa shape index (κ3) is 3.29. The summed E-state index contributed by atoms with van der Waals surface area (Å²) in [4.78, 5) is 31.3. The maximum atomic E-state index is 12.8. The van der Waals surface area contributed by atoms with E-state index >= 15 is 0 Å². The number of phenols is 1. The predicted molar refractivity (Wildman–Crippen MR) is 105 cm³/mol. The van der Waals surface area contributed by atoms with Gasteiger partial charge in [0.15, 0.2) is 10.6 Å². The molecule has 0 spiro atoms. The lowest BCUT2D eigenvalue weighted by Crippen LogP contribution is -2.42. The van der Waals surface area contributed by atoms with Crippen LogP contribution < -0.4 is 19.8 Å². The second-order valence-corrected chi connectivity index (χ2v) is 7.28. The van der Waals surface area contributed by atoms with Crippen LogP contribution in [0, 0.1) is 0 Å². The zero-order valence-electron chi connectivity index (χ0n) is 14.6. The second-order valence-electron chi connectivity index (χ2n) is 6.27. The van der Waals surface area contributed by atoms with Crippen LogP contribution in [0.25, 0.3) is 6.08 Å². The van der Waals surface area contributed by atoms with Gasteiger partial charge in [-0.3, -0.25) is 14.2 Å². The van der Waals surface area contributed by atoms with Crippen molar-refractivity contribution in [3.8, 4) is 5.75 Å². The minimum absolute atomic E-state index is 0.0190. The quantitative estimate of drug-likeness (QED) is 0.703. The number of anilines is 1. The number of fused-ring (bicyclic) bond motifs is 1. The number of para-hydroxylation sites is 1. The van der Waals surface area contributed by atoms with Gasteiger partial charge in [0.1, 0.15) is 19.1 Å². The molecule has 6 nitrogen and oxygen atoms in total. The van der Waals surface area contributed by atoms with Crippen LogP contribution in [0.4, 0.5) is 5.69 Å². The molecule has 0 fully saturated rings. The molecule has 0 amide bonds. The molecule has 2 heterocycles. The average Bonchev–Trinajstić information content (AvgIpc) is 2.99. The molecule has 0 unspecified atom stereocenters. The minimum Gasteiger partial charge on any atom is -0.507 e. The standard InChI is InChI=1S/C20H17N3O3S/c1-13(24)14-6-8-16(9-7-14)22-11-21-20-23(12-22)19(26)18(27-20)10-15-4-2-3-5-17(15)25/h2-10,25H,11-12H2,1H3/b18-10-. The Labute approximate surface area is 159 Å². The molecule has 4 rings (SSSR count). The van der Waals surface area contributed by atoms with Gasteiger partial charge in [0.05, 0.1) is 4.53 Å². The number of hydrogen-bond donors (Lipinski definition) is 1. The summed E-state index contributed by atoms with van der Waals surface area (Å²) in [7, 11) is 0. The van der Waals surface area contributed by atoms with Gasteiger partial charge in [-0.1, -0.05) is 29.5 Å². The van der Waals surface area contributed by atoms with E-state index in [1.165, 1.54) is 18.3 Å². The van der Waals surface area contributed by atoms with Gasteiger partial charge in [0, 0.05) is 16.8 Å². The van der Waals surface area contributed by atoms with Crippen molar-refractivity contribution in [1.29, 1.82) is 0 Å². The molecule has 0 saturated heterocycles. The van der Waals surface area contributed by atoms with Crippen LogP contribution in [-0.4, -0.2) is 22.1 Å². The van der Waals surface area contributed by atoms with Gasteiger partial charge >= 0.3 is 0 Å². The highest BCUT2D eigenvalue weighted by molar-refractivity contribution is 7.07. The maximum Gasteiger partial charge on any atom is 0.271 e. The first-order valence-corrected chi connectivity index (χ1v) is 9.24. The second kappa shape index (κ2) is 6.85. The molecule has 3 aromatic rings. The molecular formula is C20H17N3O3S. The molecule has 7 heteroatoms. The molecule has 1 aliphatic heterocycles. The van der Waals surface area contributed by atoms with E-state index in [1.54, 1.807) is 41.0 Å². The molecule has 0 aliphatic carbocycles. The molecule has 0 bridgehead atoms. The zero-order chi connectivity index (χ0) is 19.0. The van der Waals surface area contributed by atoms with E-state index in [-0.39, 0.29) is 17.1 Å². The van der Waals surface area contributed by atoms with Crippen LogP contribution in [0.1, 0.15) is 22.8 Å². The van der Waals surface area contributed by atoms with Crippen molar-refractivity contribution in [3.63, 3.8) is 0 Å². The number of phenolic OH excluding ortho intramolecular Hbond substituents is 1. The third-order valence-corrected chi connectivity index (χ3v) is 5.48. The molecule has 1 N–H and O–H groups in total. The summed E-state index contributed by atoms with van der Waals surface area (Å²) in [5.74, 6) is 0.156. The number of carbonyl (C=O) groups excluding carboxylic acids is 1. The Morgan fingerprint density at radius 3 is 2.63 bits per heavy atom. The maximum absolute atomic E-state index is 12.8. The Balaban J connectivity index is 1.68. The van der Waals surface area contributed by atoms with Crippen LogP contribution in [0.2, 0.25) is 0 Å². The van der Waals surface area contributed by atoms with Crippen LogP contribution in [-0.2, 0) is 6.67 Å². The first-order chi connectivity index (χ1) is 13.0. The highest BCUT2D eigenvalue weighted by Crippen LogP contribution is 2.18. The number of benzene rings is 2. The number of rotatable bonds is 3. The molecule has 0 saturated carbocycles. The van der Waals surface area contributed by atoms with E-state index < -0.39 is 0 Å². The molecule has 136 valence electrons. The van der Waals surface area contributed by atoms with Gasteiger partial charge < -0.3 is 10.0 Å². The van der Waals surface area contributed by atoms with Crippen LogP contribution in [0.5, 0.6) is 5.75 Å². The van der Waals surface area contributed by atoms with Crippen molar-refractivity contribution in [2.75, 3.05) is 11.6 Å². The monoisotopic (exact) mass is 379 g/mol. The number of aromatic hydroxyl groups is 1. The fourth-order valence-corrected chi connectivity index (χ4v) is 3.89. The molecule has 1 aliphatic rings. The van der Waals surface area contributed by atoms with Crippen molar-refractivity contribution in [1.82, 2.24) is 4.57 Å². The summed E-state index contributed by atoms with van der Waals surface area (Å²) >= 11 is 1.31. The Morgan fingerprint density at radius 2 is 1.93 bits per heavy atom. The lowest BCUT2D eigenvalue weighted by atomic mass is 10.1. The topological polar surface area (TPSA) is 74.9 Å². The number of thiazole rings is 1. The van der Waals surface area contributed by atoms with Crippen molar-refractivity contribution < 1.29 is 9.90 Å². The Hall–Kier alpha value is -3.19. The highest BCUT2D eigenvalue weighted by Gasteiger charge is 2.16. The summed E-state index contributed by atoms with van der Waals surface area (Å²) in [6.45, 7) is 2.36. The number of Topliss-reactive ketones (excluding diaryl/α,β-unsaturated/α-hetero) is 1. The molecule has 0 atom stereocenters. The third-order valence-electron chi connectivity index (χ3n) is 4.44. The average molecular weight is 379 g/mol. The lowest BCUT2D eigenvalue weighted by Gasteiger charge is -2.25. The smallest absolute Gasteiger partial charge is 0.271 e. The molecule has 27 heavy (non-hydrogen) atoms. The predicted octanol–water partition coefficient (Wildman–Crippen LogP) is 1.70. The van der Waals surface area contributed by atoms with E-state index in [0.717, 1.165) is 5.69 Å². The normalized spacial score (nSPS) is 14.0. The van der Waals surface area contributed by atoms with Gasteiger partial charge in [-0.05, 0) is 43.3 Å². The SMILES string of the molecule is CC(=O)c1ccc(N2CN=c3s/c(=C\c4ccccc4O)c(=O)n3C2)cc1. The largest absolute Gasteiger partial charge is 0.507 e. The van der Waals surface area contributed by atoms with Gasteiger partial charge in [-0.2, -0.15) is 0 Å². The van der Waals surface area contributed by atoms with Crippen molar-refractivity contribution in [3.05, 3.63) is 79.3 Å². The first kappa shape index (κ1) is 17.2. The zero-order valence-corrected chi connectivity index (χ0v) is 15.4. The van der Waals surface area contributed by atoms with Crippen LogP contribution in [0.15, 0.2) is 58.3 Å². The van der Waals surface area contributed by atoms with Crippen molar-refractivity contribution >= 4 is 28.9 Å². The summed E-state index contributed by atoms with van der Waals surface area (Å²) < 4.78 is 2.16. The van der Waals surface area contributed by atoms with Crippen LogP contribution in [0.3, 0.4) is 0 Å². The fraction of sp³-hybridized carbons (Fsp3) is 0.150. The number of carbonyl (C=O) groups is 1. The summed E-state index contributed by atoms with van der Waals surface area (Å²) in [6.07, 6.45) is 1.69. The number of hydrogen-bond acceptors (Lipinski definition) is 6. The summed E-state index contributed by atoms with van der Waals surface area (Å²) in [5, 5.41) is 9.93. The van der Waals surface area contributed by atoms with Gasteiger partial charge in [-0.15, -0.1) is 0 Å². The molecule has 2 aromatic carbocycles. The van der Waals surface area contributed by atoms with Gasteiger partial charge in [0.2, 0.25) is 0 Å². The highest BCUT2D eigenvalue weighted by atomic mass is 32.1. The van der Waals surface area contributed by atoms with Crippen LogP contribution >= 0.6 is 11.3 Å². The number of ketones is 1. The molecule has 0 radical (unpaired) electrons. The van der Waals surface area contributed by atoms with E-state index in [4.69, 9.17) is 0 Å². The molecular weight excluding hydrogens is 362 g/mol. The minimum atomic E-state index is -0.132. The number of nitrogens with zero attached hydrogens (tertiary/aromatic N) is 3. The van der Waals surface area contributed by atoms with E-state index in [2.05, 4.69) is 4.99 Å². The fourth-order valence-electron chi connectivity index (χ4n) is 2.93. The lowest BCUT2D eigenvalue weighted by molar-refractivity contribution is 0.101. The summed E-state index contributed by atoms with van der Waals surface area (Å²) in [6, 6.07) is 14.2.